The molecule has 0 unspecified atom stereocenters. The van der Waals surface area contributed by atoms with Crippen molar-refractivity contribution in [1.82, 2.24) is 0 Å². The second-order valence-corrected chi connectivity index (χ2v) is 4.13. The predicted molar refractivity (Wildman–Crippen MR) is 56.1 cm³/mol. The number of carbonyl (C=O) groups is 1. The van der Waals surface area contributed by atoms with E-state index in [-0.39, 0.29) is 5.56 Å². The fourth-order valence-electron chi connectivity index (χ4n) is 1.18. The van der Waals surface area contributed by atoms with Gasteiger partial charge in [-0.1, -0.05) is 0 Å². The second-order valence-electron chi connectivity index (χ2n) is 3.02. The first-order valence-corrected chi connectivity index (χ1v) is 5.21. The molecule has 1 aromatic rings. The number of phenols is 1. The summed E-state index contributed by atoms with van der Waals surface area (Å²) in [5.41, 5.74) is -5.45. The molecular formula is C10H6F3NO3S. The van der Waals surface area contributed by atoms with Gasteiger partial charge < -0.3 is 9.84 Å². The minimum atomic E-state index is -4.65. The molecular weight excluding hydrogens is 271 g/mol. The van der Waals surface area contributed by atoms with Crippen LogP contribution in [0.1, 0.15) is 15.9 Å². The summed E-state index contributed by atoms with van der Waals surface area (Å²) >= 11 is -0.597. The second kappa shape index (κ2) is 5.18. The van der Waals surface area contributed by atoms with E-state index in [1.54, 1.807) is 6.07 Å². The summed E-state index contributed by atoms with van der Waals surface area (Å²) < 4.78 is 41.2. The molecule has 1 rings (SSSR count). The number of methoxy groups -OCH3 is 1. The van der Waals surface area contributed by atoms with Crippen LogP contribution in [0.2, 0.25) is 0 Å². The van der Waals surface area contributed by atoms with Crippen LogP contribution in [0.15, 0.2) is 17.0 Å². The zero-order chi connectivity index (χ0) is 13.9. The van der Waals surface area contributed by atoms with E-state index >= 15 is 0 Å². The summed E-state index contributed by atoms with van der Waals surface area (Å²) in [5.74, 6) is -1.84. The van der Waals surface area contributed by atoms with Gasteiger partial charge in [0, 0.05) is 4.90 Å². The molecule has 0 bridgehead atoms. The lowest BCUT2D eigenvalue weighted by Crippen LogP contribution is -2.07. The summed E-state index contributed by atoms with van der Waals surface area (Å²) in [5, 5.41) is 18.1. The highest BCUT2D eigenvalue weighted by Gasteiger charge is 2.33. The minimum absolute atomic E-state index is 0.188. The SMILES string of the molecule is COC(=O)c1c(O)cc(C#N)cc1SC(F)(F)F. The van der Waals surface area contributed by atoms with Crippen molar-refractivity contribution in [2.24, 2.45) is 0 Å². The van der Waals surface area contributed by atoms with Gasteiger partial charge in [-0.15, -0.1) is 0 Å². The maximum atomic E-state index is 12.3. The molecule has 18 heavy (non-hydrogen) atoms. The number of rotatable bonds is 2. The molecule has 8 heteroatoms. The topological polar surface area (TPSA) is 70.3 Å². The molecule has 1 aromatic carbocycles. The third-order valence-corrected chi connectivity index (χ3v) is 2.60. The van der Waals surface area contributed by atoms with Crippen LogP contribution in [0.4, 0.5) is 13.2 Å². The van der Waals surface area contributed by atoms with E-state index in [0.29, 0.717) is 0 Å². The number of nitrogens with zero attached hydrogens (tertiary/aromatic N) is 1. The van der Waals surface area contributed by atoms with Gasteiger partial charge in [-0.2, -0.15) is 18.4 Å². The number of phenolic OH excluding ortho intramolecular Hbond substituents is 1. The van der Waals surface area contributed by atoms with Gasteiger partial charge in [0.05, 0.1) is 18.7 Å². The van der Waals surface area contributed by atoms with E-state index in [2.05, 4.69) is 4.74 Å². The summed E-state index contributed by atoms with van der Waals surface area (Å²) in [6, 6.07) is 3.35. The highest BCUT2D eigenvalue weighted by Crippen LogP contribution is 2.41. The van der Waals surface area contributed by atoms with Crippen LogP contribution >= 0.6 is 11.8 Å². The zero-order valence-electron chi connectivity index (χ0n) is 8.91. The number of halogens is 3. The monoisotopic (exact) mass is 277 g/mol. The molecule has 0 aliphatic heterocycles. The number of carbonyl (C=O) groups excluding carboxylic acids is 1. The summed E-state index contributed by atoms with van der Waals surface area (Å²) in [6.07, 6.45) is 0. The number of alkyl halides is 3. The van der Waals surface area contributed by atoms with Gasteiger partial charge >= 0.3 is 11.5 Å². The molecule has 0 aromatic heterocycles. The Hall–Kier alpha value is -1.88. The lowest BCUT2D eigenvalue weighted by Gasteiger charge is -2.11. The number of hydrogen-bond donors (Lipinski definition) is 1. The lowest BCUT2D eigenvalue weighted by atomic mass is 10.1. The van der Waals surface area contributed by atoms with E-state index < -0.39 is 39.4 Å². The summed E-state index contributed by atoms with van der Waals surface area (Å²) in [6.45, 7) is 0. The largest absolute Gasteiger partial charge is 0.507 e. The van der Waals surface area contributed by atoms with Crippen molar-refractivity contribution >= 4 is 17.7 Å². The molecule has 0 aliphatic rings. The Bertz CT molecular complexity index is 522. The van der Waals surface area contributed by atoms with Gasteiger partial charge in [0.2, 0.25) is 0 Å². The van der Waals surface area contributed by atoms with Crippen LogP contribution in [0.5, 0.6) is 5.75 Å². The molecule has 4 nitrogen and oxygen atoms in total. The van der Waals surface area contributed by atoms with E-state index in [0.717, 1.165) is 19.2 Å². The number of thioether (sulfide) groups is 1. The van der Waals surface area contributed by atoms with Crippen molar-refractivity contribution in [3.05, 3.63) is 23.3 Å². The Kier molecular flexibility index (Phi) is 4.08. The molecule has 0 saturated carbocycles. The van der Waals surface area contributed by atoms with Gasteiger partial charge in [-0.05, 0) is 23.9 Å². The standard InChI is InChI=1S/C10H6F3NO3S/c1-17-9(16)8-6(15)2-5(4-14)3-7(8)18-10(11,12)13/h2-3,15H,1H3. The van der Waals surface area contributed by atoms with Gasteiger partial charge in [0.25, 0.3) is 0 Å². The first-order valence-electron chi connectivity index (χ1n) is 4.39. The van der Waals surface area contributed by atoms with Crippen molar-refractivity contribution in [3.8, 4) is 11.8 Å². The van der Waals surface area contributed by atoms with E-state index in [9.17, 15) is 23.1 Å². The van der Waals surface area contributed by atoms with E-state index in [1.165, 1.54) is 0 Å². The van der Waals surface area contributed by atoms with Crippen molar-refractivity contribution in [3.63, 3.8) is 0 Å². The molecule has 0 aliphatic carbocycles. The van der Waals surface area contributed by atoms with Crippen LogP contribution in [0.3, 0.4) is 0 Å². The minimum Gasteiger partial charge on any atom is -0.507 e. The lowest BCUT2D eigenvalue weighted by molar-refractivity contribution is -0.0328. The van der Waals surface area contributed by atoms with Gasteiger partial charge in [-0.25, -0.2) is 4.79 Å². The van der Waals surface area contributed by atoms with Gasteiger partial charge in [0.1, 0.15) is 11.3 Å². The van der Waals surface area contributed by atoms with Crippen LogP contribution < -0.4 is 0 Å². The van der Waals surface area contributed by atoms with E-state index in [1.807, 2.05) is 0 Å². The van der Waals surface area contributed by atoms with Crippen LogP contribution in [-0.4, -0.2) is 23.7 Å². The molecule has 0 saturated heterocycles. The fourth-order valence-corrected chi connectivity index (χ4v) is 1.90. The molecule has 0 heterocycles. The number of hydrogen-bond acceptors (Lipinski definition) is 5. The van der Waals surface area contributed by atoms with Crippen LogP contribution in [0, 0.1) is 11.3 Å². The third-order valence-electron chi connectivity index (χ3n) is 1.83. The molecule has 0 fully saturated rings. The molecule has 1 N–H and O–H groups in total. The van der Waals surface area contributed by atoms with E-state index in [4.69, 9.17) is 5.26 Å². The van der Waals surface area contributed by atoms with Crippen molar-refractivity contribution < 1.29 is 27.8 Å². The number of ether oxygens (including phenoxy) is 1. The molecule has 0 spiro atoms. The van der Waals surface area contributed by atoms with Crippen molar-refractivity contribution in [2.45, 2.75) is 10.4 Å². The average molecular weight is 277 g/mol. The Morgan fingerprint density at radius 2 is 2.11 bits per heavy atom. The Balaban J connectivity index is 3.39. The maximum absolute atomic E-state index is 12.3. The number of benzene rings is 1. The zero-order valence-corrected chi connectivity index (χ0v) is 9.72. The number of nitriles is 1. The summed E-state index contributed by atoms with van der Waals surface area (Å²) in [7, 11) is 0.974. The highest BCUT2D eigenvalue weighted by atomic mass is 32.2. The van der Waals surface area contributed by atoms with Crippen molar-refractivity contribution in [1.29, 1.82) is 5.26 Å². The fraction of sp³-hybridized carbons (Fsp3) is 0.200. The van der Waals surface area contributed by atoms with Crippen LogP contribution in [0.25, 0.3) is 0 Å². The quantitative estimate of drug-likeness (QED) is 0.664. The smallest absolute Gasteiger partial charge is 0.446 e. The first kappa shape index (κ1) is 14.2. The normalized spacial score (nSPS) is 10.8. The Labute approximate surface area is 104 Å². The third kappa shape index (κ3) is 3.30. The van der Waals surface area contributed by atoms with Gasteiger partial charge in [-0.3, -0.25) is 0 Å². The Morgan fingerprint density at radius 1 is 1.50 bits per heavy atom. The maximum Gasteiger partial charge on any atom is 0.446 e. The molecule has 0 amide bonds. The first-order chi connectivity index (χ1) is 8.28. The Morgan fingerprint density at radius 3 is 2.56 bits per heavy atom. The summed E-state index contributed by atoms with van der Waals surface area (Å²) in [4.78, 5) is 10.7. The van der Waals surface area contributed by atoms with Crippen LogP contribution in [-0.2, 0) is 4.74 Å². The molecule has 0 atom stereocenters. The number of aromatic hydroxyl groups is 1. The molecule has 0 radical (unpaired) electrons. The van der Waals surface area contributed by atoms with Crippen molar-refractivity contribution in [2.75, 3.05) is 7.11 Å². The highest BCUT2D eigenvalue weighted by molar-refractivity contribution is 8.00. The predicted octanol–water partition coefficient (Wildman–Crippen LogP) is 2.66. The average Bonchev–Trinajstić information content (AvgIpc) is 2.25. The number of esters is 1. The van der Waals surface area contributed by atoms with Gasteiger partial charge in [0.15, 0.2) is 0 Å². The molecule has 96 valence electrons.